The van der Waals surface area contributed by atoms with Gasteiger partial charge in [-0.3, -0.25) is 14.4 Å². The normalized spacial score (nSPS) is 21.5. The number of halogens is 1. The number of piperazine rings is 1. The Bertz CT molecular complexity index is 792. The smallest absolute Gasteiger partial charge is 0.312 e. The zero-order chi connectivity index (χ0) is 20.4. The van der Waals surface area contributed by atoms with Gasteiger partial charge in [0.05, 0.1) is 5.41 Å². The van der Waals surface area contributed by atoms with Crippen molar-refractivity contribution in [3.8, 4) is 0 Å². The Morgan fingerprint density at radius 2 is 1.31 bits per heavy atom. The molecule has 1 aromatic rings. The molecule has 2 saturated heterocycles. The summed E-state index contributed by atoms with van der Waals surface area (Å²) in [6.45, 7) is 2.86. The molecule has 2 heterocycles. The van der Waals surface area contributed by atoms with Crippen LogP contribution >= 0.6 is 0 Å². The maximum atomic E-state index is 13.8. The summed E-state index contributed by atoms with van der Waals surface area (Å²) in [5.74, 6) is -1.18. The molecule has 1 aromatic carbocycles. The first-order chi connectivity index (χ1) is 14.0. The van der Waals surface area contributed by atoms with E-state index in [-0.39, 0.29) is 11.7 Å². The Kier molecular flexibility index (Phi) is 5.56. The van der Waals surface area contributed by atoms with Crippen molar-refractivity contribution in [3.05, 3.63) is 35.6 Å². The predicted octanol–water partition coefficient (Wildman–Crippen LogP) is 1.93. The van der Waals surface area contributed by atoms with Gasteiger partial charge < -0.3 is 14.7 Å². The number of carbonyl (C=O) groups excluding carboxylic acids is 3. The average molecular weight is 401 g/mol. The number of hydrogen-bond acceptors (Lipinski definition) is 3. The van der Waals surface area contributed by atoms with E-state index in [0.29, 0.717) is 39.3 Å². The fourth-order valence-corrected chi connectivity index (χ4v) is 5.00. The molecule has 29 heavy (non-hydrogen) atoms. The minimum atomic E-state index is -0.667. The first-order valence-corrected chi connectivity index (χ1v) is 10.6. The second-order valence-corrected chi connectivity index (χ2v) is 8.38. The molecule has 0 bridgehead atoms. The van der Waals surface area contributed by atoms with Gasteiger partial charge in [0.15, 0.2) is 0 Å². The highest BCUT2D eigenvalue weighted by Gasteiger charge is 2.46. The highest BCUT2D eigenvalue weighted by atomic mass is 19.1. The first-order valence-electron chi connectivity index (χ1n) is 10.6. The number of rotatable bonds is 2. The molecule has 0 atom stereocenters. The van der Waals surface area contributed by atoms with Crippen LogP contribution in [0.5, 0.6) is 0 Å². The third-order valence-electron chi connectivity index (χ3n) is 6.67. The molecule has 2 aliphatic heterocycles. The van der Waals surface area contributed by atoms with E-state index in [2.05, 4.69) is 0 Å². The molecule has 0 aromatic heterocycles. The zero-order valence-corrected chi connectivity index (χ0v) is 16.7. The van der Waals surface area contributed by atoms with Crippen LogP contribution in [0.2, 0.25) is 0 Å². The number of carbonyl (C=O) groups is 3. The number of nitrogens with zero attached hydrogens (tertiary/aromatic N) is 3. The highest BCUT2D eigenvalue weighted by molar-refractivity contribution is 6.35. The lowest BCUT2D eigenvalue weighted by atomic mass is 9.77. The summed E-state index contributed by atoms with van der Waals surface area (Å²) in [7, 11) is 0. The average Bonchev–Trinajstić information content (AvgIpc) is 3.45. The Morgan fingerprint density at radius 3 is 1.90 bits per heavy atom. The SMILES string of the molecule is O=C(C(=O)N1CCN(C(=O)C2(c3cccc(F)c3)CCCC2)CC1)N1CCCC1. The molecule has 6 nitrogen and oxygen atoms in total. The summed E-state index contributed by atoms with van der Waals surface area (Å²) in [5.41, 5.74) is 0.0855. The molecular weight excluding hydrogens is 373 g/mol. The van der Waals surface area contributed by atoms with Gasteiger partial charge in [0.25, 0.3) is 0 Å². The van der Waals surface area contributed by atoms with E-state index >= 15 is 0 Å². The molecule has 3 aliphatic rings. The van der Waals surface area contributed by atoms with Gasteiger partial charge in [-0.25, -0.2) is 4.39 Å². The van der Waals surface area contributed by atoms with Gasteiger partial charge in [-0.2, -0.15) is 0 Å². The van der Waals surface area contributed by atoms with Crippen LogP contribution in [0.3, 0.4) is 0 Å². The van der Waals surface area contributed by atoms with Crippen LogP contribution in [-0.2, 0) is 19.8 Å². The van der Waals surface area contributed by atoms with Crippen LogP contribution in [-0.4, -0.2) is 71.7 Å². The fraction of sp³-hybridized carbons (Fsp3) is 0.591. The molecule has 1 saturated carbocycles. The molecule has 3 amide bonds. The second kappa shape index (κ2) is 8.13. The van der Waals surface area contributed by atoms with Crippen molar-refractivity contribution >= 4 is 17.7 Å². The van der Waals surface area contributed by atoms with Gasteiger partial charge in [0.1, 0.15) is 5.82 Å². The fourth-order valence-electron chi connectivity index (χ4n) is 5.00. The number of likely N-dealkylation sites (tertiary alicyclic amines) is 1. The van der Waals surface area contributed by atoms with Gasteiger partial charge in [0, 0.05) is 39.3 Å². The van der Waals surface area contributed by atoms with Crippen LogP contribution < -0.4 is 0 Å². The van der Waals surface area contributed by atoms with Crippen LogP contribution in [0, 0.1) is 5.82 Å². The van der Waals surface area contributed by atoms with Crippen molar-refractivity contribution in [2.45, 2.75) is 43.9 Å². The number of benzene rings is 1. The number of amides is 3. The Morgan fingerprint density at radius 1 is 0.759 bits per heavy atom. The monoisotopic (exact) mass is 401 g/mol. The van der Waals surface area contributed by atoms with Crippen molar-refractivity contribution in [2.24, 2.45) is 0 Å². The summed E-state index contributed by atoms with van der Waals surface area (Å²) in [6, 6.07) is 6.40. The molecule has 0 unspecified atom stereocenters. The Labute approximate surface area is 170 Å². The molecule has 7 heteroatoms. The molecule has 156 valence electrons. The predicted molar refractivity (Wildman–Crippen MR) is 106 cm³/mol. The molecule has 0 radical (unpaired) electrons. The van der Waals surface area contributed by atoms with E-state index < -0.39 is 17.2 Å². The minimum absolute atomic E-state index is 0.0265. The van der Waals surface area contributed by atoms with Gasteiger partial charge in [-0.1, -0.05) is 25.0 Å². The third kappa shape index (κ3) is 3.74. The van der Waals surface area contributed by atoms with Gasteiger partial charge in [0.2, 0.25) is 5.91 Å². The molecule has 3 fully saturated rings. The topological polar surface area (TPSA) is 60.9 Å². The minimum Gasteiger partial charge on any atom is -0.338 e. The van der Waals surface area contributed by atoms with Crippen molar-refractivity contribution < 1.29 is 18.8 Å². The van der Waals surface area contributed by atoms with Gasteiger partial charge >= 0.3 is 11.8 Å². The highest BCUT2D eigenvalue weighted by Crippen LogP contribution is 2.43. The largest absolute Gasteiger partial charge is 0.338 e. The van der Waals surface area contributed by atoms with Gasteiger partial charge in [-0.05, 0) is 43.4 Å². The summed E-state index contributed by atoms with van der Waals surface area (Å²) in [5, 5.41) is 0. The third-order valence-corrected chi connectivity index (χ3v) is 6.67. The summed E-state index contributed by atoms with van der Waals surface area (Å²) < 4.78 is 13.8. The zero-order valence-electron chi connectivity index (χ0n) is 16.7. The lowest BCUT2D eigenvalue weighted by molar-refractivity contribution is -0.153. The van der Waals surface area contributed by atoms with E-state index in [9.17, 15) is 18.8 Å². The first kappa shape index (κ1) is 19.9. The maximum absolute atomic E-state index is 13.8. The molecule has 1 aliphatic carbocycles. The van der Waals surface area contributed by atoms with E-state index in [1.165, 1.54) is 12.1 Å². The van der Waals surface area contributed by atoms with Crippen LogP contribution in [0.4, 0.5) is 4.39 Å². The quantitative estimate of drug-likeness (QED) is 0.712. The lowest BCUT2D eigenvalue weighted by Gasteiger charge is -2.40. The Hall–Kier alpha value is -2.44. The lowest BCUT2D eigenvalue weighted by Crippen LogP contribution is -2.57. The van der Waals surface area contributed by atoms with E-state index in [1.54, 1.807) is 20.8 Å². The molecule has 4 rings (SSSR count). The molecule has 0 spiro atoms. The Balaban J connectivity index is 1.42. The standard InChI is InChI=1S/C22H28FN3O3/c23-18-7-5-6-17(16-18)22(8-1-2-9-22)21(29)26-14-12-25(13-15-26)20(28)19(27)24-10-3-4-11-24/h5-7,16H,1-4,8-15H2. The summed E-state index contributed by atoms with van der Waals surface area (Å²) in [4.78, 5) is 43.3. The van der Waals surface area contributed by atoms with Crippen LogP contribution in [0.1, 0.15) is 44.1 Å². The van der Waals surface area contributed by atoms with E-state index in [1.807, 2.05) is 6.07 Å². The van der Waals surface area contributed by atoms with Crippen molar-refractivity contribution in [3.63, 3.8) is 0 Å². The van der Waals surface area contributed by atoms with E-state index in [4.69, 9.17) is 0 Å². The van der Waals surface area contributed by atoms with Crippen molar-refractivity contribution in [2.75, 3.05) is 39.3 Å². The number of hydrogen-bond donors (Lipinski definition) is 0. The second-order valence-electron chi connectivity index (χ2n) is 8.38. The summed E-state index contributed by atoms with van der Waals surface area (Å²) >= 11 is 0. The summed E-state index contributed by atoms with van der Waals surface area (Å²) in [6.07, 6.45) is 5.24. The van der Waals surface area contributed by atoms with Gasteiger partial charge in [-0.15, -0.1) is 0 Å². The van der Waals surface area contributed by atoms with E-state index in [0.717, 1.165) is 44.1 Å². The molecular formula is C22H28FN3O3. The molecule has 0 N–H and O–H groups in total. The maximum Gasteiger partial charge on any atom is 0.312 e. The van der Waals surface area contributed by atoms with Crippen LogP contribution in [0.15, 0.2) is 24.3 Å². The van der Waals surface area contributed by atoms with Crippen molar-refractivity contribution in [1.82, 2.24) is 14.7 Å². The van der Waals surface area contributed by atoms with Crippen molar-refractivity contribution in [1.29, 1.82) is 0 Å². The van der Waals surface area contributed by atoms with Crippen LogP contribution in [0.25, 0.3) is 0 Å².